The summed E-state index contributed by atoms with van der Waals surface area (Å²) in [4.78, 5) is 47.4. The molecule has 158 valence electrons. The van der Waals surface area contributed by atoms with Gasteiger partial charge in [0.2, 0.25) is 17.8 Å². The highest BCUT2D eigenvalue weighted by Gasteiger charge is 2.35. The van der Waals surface area contributed by atoms with E-state index in [1.54, 1.807) is 18.2 Å². The van der Waals surface area contributed by atoms with Crippen LogP contribution in [-0.2, 0) is 9.59 Å². The minimum Gasteiger partial charge on any atom is -0.342 e. The second kappa shape index (κ2) is 8.10. The number of hydrogen-bond donors (Lipinski definition) is 3. The molecule has 8 nitrogen and oxygen atoms in total. The van der Waals surface area contributed by atoms with Crippen molar-refractivity contribution < 1.29 is 9.59 Å². The molecule has 2 aliphatic rings. The Morgan fingerprint density at radius 2 is 2.00 bits per heavy atom. The number of rotatable bonds is 3. The SMILES string of the molecule is Cc1ccc(NC(=O)[C@@H]2CC(=O)Nc3nc(N4CCC(C)CC4)[nH]c(=O)c32)cc1Cl. The van der Waals surface area contributed by atoms with Gasteiger partial charge in [-0.05, 0) is 43.4 Å². The first-order chi connectivity index (χ1) is 14.3. The average molecular weight is 430 g/mol. The predicted molar refractivity (Wildman–Crippen MR) is 116 cm³/mol. The molecule has 0 radical (unpaired) electrons. The van der Waals surface area contributed by atoms with Gasteiger partial charge in [-0.15, -0.1) is 0 Å². The standard InChI is InChI=1S/C21H24ClN5O3/c1-11-5-7-27(8-6-11)21-25-18-17(20(30)26-21)14(10-16(28)24-18)19(29)23-13-4-3-12(2)15(22)9-13/h3-4,9,11,14H,5-8,10H2,1-2H3,(H,23,29)(H2,24,25,26,28,30)/t14-/m1/s1. The summed E-state index contributed by atoms with van der Waals surface area (Å²) in [6, 6.07) is 5.16. The number of fused-ring (bicyclic) bond motifs is 1. The Morgan fingerprint density at radius 1 is 1.27 bits per heavy atom. The normalized spacial score (nSPS) is 19.2. The highest BCUT2D eigenvalue weighted by atomic mass is 35.5. The summed E-state index contributed by atoms with van der Waals surface area (Å²) < 4.78 is 0. The van der Waals surface area contributed by atoms with Crippen LogP contribution in [0.15, 0.2) is 23.0 Å². The van der Waals surface area contributed by atoms with Crippen LogP contribution in [0.4, 0.5) is 17.5 Å². The monoisotopic (exact) mass is 429 g/mol. The Labute approximate surface area is 179 Å². The summed E-state index contributed by atoms with van der Waals surface area (Å²) >= 11 is 6.13. The third-order valence-corrected chi connectivity index (χ3v) is 6.18. The van der Waals surface area contributed by atoms with Crippen molar-refractivity contribution in [2.24, 2.45) is 5.92 Å². The van der Waals surface area contributed by atoms with Crippen LogP contribution in [0.25, 0.3) is 0 Å². The number of carbonyl (C=O) groups excluding carboxylic acids is 2. The van der Waals surface area contributed by atoms with E-state index in [-0.39, 0.29) is 23.7 Å². The van der Waals surface area contributed by atoms with E-state index >= 15 is 0 Å². The number of aryl methyl sites for hydroxylation is 1. The highest BCUT2D eigenvalue weighted by molar-refractivity contribution is 6.31. The zero-order chi connectivity index (χ0) is 21.4. The fourth-order valence-electron chi connectivity index (χ4n) is 3.85. The van der Waals surface area contributed by atoms with Crippen LogP contribution in [0.5, 0.6) is 0 Å². The molecule has 1 aromatic heterocycles. The van der Waals surface area contributed by atoms with Crippen molar-refractivity contribution in [3.63, 3.8) is 0 Å². The molecule has 1 atom stereocenters. The number of H-pyrrole nitrogens is 1. The number of nitrogens with zero attached hydrogens (tertiary/aromatic N) is 2. The second-order valence-electron chi connectivity index (χ2n) is 8.08. The van der Waals surface area contributed by atoms with Gasteiger partial charge in [0.15, 0.2) is 0 Å². The summed E-state index contributed by atoms with van der Waals surface area (Å²) in [6.07, 6.45) is 1.90. The Morgan fingerprint density at radius 3 is 2.70 bits per heavy atom. The average Bonchev–Trinajstić information content (AvgIpc) is 2.70. The van der Waals surface area contributed by atoms with Crippen LogP contribution >= 0.6 is 11.6 Å². The third kappa shape index (κ3) is 4.05. The van der Waals surface area contributed by atoms with Crippen LogP contribution in [0.2, 0.25) is 5.02 Å². The minimum absolute atomic E-state index is 0.121. The van der Waals surface area contributed by atoms with Crippen LogP contribution in [0, 0.1) is 12.8 Å². The Balaban J connectivity index is 1.62. The fourth-order valence-corrected chi connectivity index (χ4v) is 4.03. The minimum atomic E-state index is -0.930. The van der Waals surface area contributed by atoms with Gasteiger partial charge >= 0.3 is 0 Å². The van der Waals surface area contributed by atoms with Crippen molar-refractivity contribution in [1.29, 1.82) is 0 Å². The van der Waals surface area contributed by atoms with Gasteiger partial charge in [-0.3, -0.25) is 19.4 Å². The third-order valence-electron chi connectivity index (χ3n) is 5.78. The molecule has 3 heterocycles. The molecule has 2 aliphatic heterocycles. The topological polar surface area (TPSA) is 107 Å². The van der Waals surface area contributed by atoms with Gasteiger partial charge in [0.05, 0.1) is 11.5 Å². The molecular formula is C21H24ClN5O3. The summed E-state index contributed by atoms with van der Waals surface area (Å²) in [5, 5.41) is 5.94. The van der Waals surface area contributed by atoms with E-state index in [0.717, 1.165) is 31.5 Å². The van der Waals surface area contributed by atoms with Crippen molar-refractivity contribution in [1.82, 2.24) is 9.97 Å². The zero-order valence-electron chi connectivity index (χ0n) is 16.9. The molecule has 4 rings (SSSR count). The Bertz CT molecular complexity index is 1060. The number of piperidine rings is 1. The van der Waals surface area contributed by atoms with E-state index in [1.807, 2.05) is 11.8 Å². The number of carbonyl (C=O) groups is 2. The molecule has 0 aliphatic carbocycles. The molecule has 1 fully saturated rings. The van der Waals surface area contributed by atoms with Gasteiger partial charge in [0, 0.05) is 30.2 Å². The molecule has 2 aromatic rings. The molecule has 30 heavy (non-hydrogen) atoms. The number of amides is 2. The quantitative estimate of drug-likeness (QED) is 0.695. The van der Waals surface area contributed by atoms with Crippen LogP contribution in [0.3, 0.4) is 0 Å². The van der Waals surface area contributed by atoms with Crippen LogP contribution < -0.4 is 21.1 Å². The van der Waals surface area contributed by atoms with Gasteiger partial charge in [-0.1, -0.05) is 24.6 Å². The maximum atomic E-state index is 12.9. The molecular weight excluding hydrogens is 406 g/mol. The molecule has 2 amide bonds. The number of halogens is 1. The summed E-state index contributed by atoms with van der Waals surface area (Å²) in [7, 11) is 0. The second-order valence-corrected chi connectivity index (χ2v) is 8.49. The van der Waals surface area contributed by atoms with Crippen molar-refractivity contribution in [2.75, 3.05) is 28.6 Å². The molecule has 0 unspecified atom stereocenters. The number of anilines is 3. The van der Waals surface area contributed by atoms with E-state index in [1.165, 1.54) is 0 Å². The molecule has 0 saturated carbocycles. The van der Waals surface area contributed by atoms with E-state index in [9.17, 15) is 14.4 Å². The van der Waals surface area contributed by atoms with Crippen LogP contribution in [-0.4, -0.2) is 34.9 Å². The number of hydrogen-bond acceptors (Lipinski definition) is 5. The van der Waals surface area contributed by atoms with Gasteiger partial charge in [0.25, 0.3) is 5.56 Å². The first kappa shape index (κ1) is 20.4. The largest absolute Gasteiger partial charge is 0.342 e. The smallest absolute Gasteiger partial charge is 0.258 e. The molecule has 0 spiro atoms. The number of benzene rings is 1. The van der Waals surface area contributed by atoms with E-state index < -0.39 is 17.4 Å². The molecule has 3 N–H and O–H groups in total. The van der Waals surface area contributed by atoms with Gasteiger partial charge in [0.1, 0.15) is 5.82 Å². The zero-order valence-corrected chi connectivity index (χ0v) is 17.7. The van der Waals surface area contributed by atoms with Crippen molar-refractivity contribution in [3.05, 3.63) is 44.7 Å². The van der Waals surface area contributed by atoms with Crippen molar-refractivity contribution in [3.8, 4) is 0 Å². The number of nitrogens with one attached hydrogen (secondary N) is 3. The van der Waals surface area contributed by atoms with Gasteiger partial charge in [-0.2, -0.15) is 4.98 Å². The van der Waals surface area contributed by atoms with Gasteiger partial charge < -0.3 is 15.5 Å². The number of aromatic nitrogens is 2. The molecule has 9 heteroatoms. The lowest BCUT2D eigenvalue weighted by Crippen LogP contribution is -2.39. The Hall–Kier alpha value is -2.87. The van der Waals surface area contributed by atoms with E-state index in [4.69, 9.17) is 11.6 Å². The first-order valence-electron chi connectivity index (χ1n) is 10.1. The van der Waals surface area contributed by atoms with Crippen LogP contribution in [0.1, 0.15) is 43.2 Å². The summed E-state index contributed by atoms with van der Waals surface area (Å²) in [6.45, 7) is 5.64. The molecule has 1 aromatic carbocycles. The summed E-state index contributed by atoms with van der Waals surface area (Å²) in [5.41, 5.74) is 1.17. The number of aromatic amines is 1. The maximum absolute atomic E-state index is 12.9. The van der Waals surface area contributed by atoms with Gasteiger partial charge in [-0.25, -0.2) is 0 Å². The lowest BCUT2D eigenvalue weighted by atomic mass is 9.92. The molecule has 0 bridgehead atoms. The first-order valence-corrected chi connectivity index (χ1v) is 10.5. The van der Waals surface area contributed by atoms with Crippen molar-refractivity contribution in [2.45, 2.75) is 39.0 Å². The maximum Gasteiger partial charge on any atom is 0.258 e. The highest BCUT2D eigenvalue weighted by Crippen LogP contribution is 2.31. The van der Waals surface area contributed by atoms with Crippen molar-refractivity contribution >= 4 is 40.9 Å². The lowest BCUT2D eigenvalue weighted by molar-refractivity contribution is -0.123. The summed E-state index contributed by atoms with van der Waals surface area (Å²) in [5.74, 6) is -0.504. The van der Waals surface area contributed by atoms with E-state index in [0.29, 0.717) is 22.6 Å². The fraction of sp³-hybridized carbons (Fsp3) is 0.429. The Kier molecular flexibility index (Phi) is 5.51. The van der Waals surface area contributed by atoms with E-state index in [2.05, 4.69) is 27.5 Å². The predicted octanol–water partition coefficient (Wildman–Crippen LogP) is 3.03. The lowest BCUT2D eigenvalue weighted by Gasteiger charge is -2.31. The molecule has 1 saturated heterocycles.